The molecule has 1 aromatic carbocycles. The molecule has 0 bridgehead atoms. The Bertz CT molecular complexity index is 301. The molecule has 16 heavy (non-hydrogen) atoms. The minimum atomic E-state index is -1.54. The topological polar surface area (TPSA) is 18.5 Å². The van der Waals surface area contributed by atoms with Crippen LogP contribution in [-0.2, 0) is 20.8 Å². The molecule has 0 fully saturated rings. The molecule has 0 aliphatic carbocycles. The smallest absolute Gasteiger partial charge is 0.325 e. The molecule has 0 N–H and O–H groups in total. The summed E-state index contributed by atoms with van der Waals surface area (Å²) in [6, 6.07) is 9.22. The normalized spacial score (nSPS) is 11.0. The Labute approximate surface area is 104 Å². The number of halogens is 1. The van der Waals surface area contributed by atoms with Crippen molar-refractivity contribution < 1.29 is 8.85 Å². The van der Waals surface area contributed by atoms with E-state index in [1.807, 2.05) is 26.0 Å². The molecular weight excluding hydrogens is 240 g/mol. The van der Waals surface area contributed by atoms with E-state index in [4.69, 9.17) is 20.5 Å². The van der Waals surface area contributed by atoms with Crippen molar-refractivity contribution in [3.05, 3.63) is 35.4 Å². The second kappa shape index (κ2) is 7.85. The summed E-state index contributed by atoms with van der Waals surface area (Å²) in [6.45, 7) is 5.47. The second-order valence-corrected chi connectivity index (χ2v) is 5.70. The van der Waals surface area contributed by atoms with Crippen molar-refractivity contribution in [1.82, 2.24) is 0 Å². The van der Waals surface area contributed by atoms with Gasteiger partial charge in [0.25, 0.3) is 0 Å². The first kappa shape index (κ1) is 13.7. The predicted octanol–water partition coefficient (Wildman–Crippen LogP) is 2.80. The number of rotatable bonds is 7. The van der Waals surface area contributed by atoms with E-state index in [1.54, 1.807) is 0 Å². The van der Waals surface area contributed by atoms with Crippen LogP contribution in [0.1, 0.15) is 25.0 Å². The fraction of sp³-hybridized carbons (Fsp3) is 0.500. The van der Waals surface area contributed by atoms with E-state index < -0.39 is 9.28 Å². The molecular formula is C12H19ClO2Si. The summed E-state index contributed by atoms with van der Waals surface area (Å²) in [6.07, 6.45) is 0. The van der Waals surface area contributed by atoms with Crippen LogP contribution in [-0.4, -0.2) is 22.5 Å². The molecule has 2 nitrogen and oxygen atoms in total. The van der Waals surface area contributed by atoms with Gasteiger partial charge in [-0.2, -0.15) is 0 Å². The molecule has 0 atom stereocenters. The molecule has 0 heterocycles. The highest BCUT2D eigenvalue weighted by Crippen LogP contribution is 2.10. The average Bonchev–Trinajstić information content (AvgIpc) is 2.30. The van der Waals surface area contributed by atoms with E-state index in [0.717, 1.165) is 24.8 Å². The molecule has 0 spiro atoms. The van der Waals surface area contributed by atoms with Crippen LogP contribution >= 0.6 is 11.6 Å². The molecule has 0 aliphatic heterocycles. The minimum Gasteiger partial charge on any atom is -0.397 e. The molecule has 1 aromatic rings. The Balaban J connectivity index is 2.60. The van der Waals surface area contributed by atoms with Crippen LogP contribution in [0.15, 0.2) is 24.3 Å². The first-order valence-corrected chi connectivity index (χ1v) is 7.96. The van der Waals surface area contributed by atoms with Crippen LogP contribution in [0.25, 0.3) is 0 Å². The summed E-state index contributed by atoms with van der Waals surface area (Å²) in [4.78, 5) is 0. The summed E-state index contributed by atoms with van der Waals surface area (Å²) in [5.41, 5.74) is 2.41. The van der Waals surface area contributed by atoms with Crippen LogP contribution in [0.4, 0.5) is 0 Å². The van der Waals surface area contributed by atoms with Gasteiger partial charge in [0.1, 0.15) is 0 Å². The Hall–Kier alpha value is -0.353. The van der Waals surface area contributed by atoms with Gasteiger partial charge in [-0.1, -0.05) is 24.3 Å². The number of hydrogen-bond acceptors (Lipinski definition) is 2. The molecule has 4 heteroatoms. The van der Waals surface area contributed by atoms with Gasteiger partial charge in [0.2, 0.25) is 0 Å². The van der Waals surface area contributed by atoms with Gasteiger partial charge in [0, 0.05) is 25.1 Å². The lowest BCUT2D eigenvalue weighted by Crippen LogP contribution is -2.26. The molecule has 0 radical (unpaired) electrons. The van der Waals surface area contributed by atoms with Crippen molar-refractivity contribution in [3.63, 3.8) is 0 Å². The van der Waals surface area contributed by atoms with Crippen LogP contribution < -0.4 is 0 Å². The third-order valence-electron chi connectivity index (χ3n) is 2.25. The number of benzene rings is 1. The molecule has 0 saturated carbocycles. The van der Waals surface area contributed by atoms with Gasteiger partial charge in [-0.05, 0) is 25.0 Å². The highest BCUT2D eigenvalue weighted by molar-refractivity contribution is 6.43. The summed E-state index contributed by atoms with van der Waals surface area (Å²) < 4.78 is 11.3. The van der Waals surface area contributed by atoms with Gasteiger partial charge in [-0.3, -0.25) is 0 Å². The van der Waals surface area contributed by atoms with E-state index in [9.17, 15) is 0 Å². The van der Waals surface area contributed by atoms with Crippen molar-refractivity contribution in [2.24, 2.45) is 0 Å². The van der Waals surface area contributed by atoms with E-state index in [2.05, 4.69) is 12.1 Å². The lowest BCUT2D eigenvalue weighted by molar-refractivity contribution is 0.213. The van der Waals surface area contributed by atoms with Gasteiger partial charge in [0.15, 0.2) is 0 Å². The SMILES string of the molecule is CCO[SiH](Cc1cccc(CCl)c1)OCC. The standard InChI is InChI=1S/C12H19ClO2Si/c1-3-14-16(15-4-2)10-12-7-5-6-11(8-12)9-13/h5-8,16H,3-4,9-10H2,1-2H3. The first-order chi connectivity index (χ1) is 7.80. The minimum absolute atomic E-state index is 0.559. The Morgan fingerprint density at radius 3 is 2.31 bits per heavy atom. The van der Waals surface area contributed by atoms with Crippen LogP contribution in [0.2, 0.25) is 0 Å². The lowest BCUT2D eigenvalue weighted by atomic mass is 10.2. The monoisotopic (exact) mass is 258 g/mol. The van der Waals surface area contributed by atoms with Crippen molar-refractivity contribution >= 4 is 20.9 Å². The maximum absolute atomic E-state index is 5.81. The largest absolute Gasteiger partial charge is 0.397 e. The van der Waals surface area contributed by atoms with Crippen LogP contribution in [0.5, 0.6) is 0 Å². The maximum Gasteiger partial charge on any atom is 0.325 e. The number of hydrogen-bond donors (Lipinski definition) is 0. The van der Waals surface area contributed by atoms with Crippen molar-refractivity contribution in [3.8, 4) is 0 Å². The molecule has 0 saturated heterocycles. The highest BCUT2D eigenvalue weighted by Gasteiger charge is 2.13. The van der Waals surface area contributed by atoms with Crippen molar-refractivity contribution in [2.45, 2.75) is 25.8 Å². The van der Waals surface area contributed by atoms with Crippen LogP contribution in [0, 0.1) is 0 Å². The third kappa shape index (κ3) is 4.66. The molecule has 1 rings (SSSR count). The molecule has 90 valence electrons. The Morgan fingerprint density at radius 2 is 1.75 bits per heavy atom. The molecule has 0 amide bonds. The van der Waals surface area contributed by atoms with E-state index in [0.29, 0.717) is 5.88 Å². The van der Waals surface area contributed by atoms with Crippen molar-refractivity contribution in [1.29, 1.82) is 0 Å². The summed E-state index contributed by atoms with van der Waals surface area (Å²) in [7, 11) is -1.54. The zero-order valence-electron chi connectivity index (χ0n) is 9.91. The highest BCUT2D eigenvalue weighted by atomic mass is 35.5. The zero-order valence-corrected chi connectivity index (χ0v) is 11.8. The first-order valence-electron chi connectivity index (χ1n) is 5.67. The van der Waals surface area contributed by atoms with Gasteiger partial charge >= 0.3 is 9.28 Å². The van der Waals surface area contributed by atoms with E-state index >= 15 is 0 Å². The Morgan fingerprint density at radius 1 is 1.12 bits per heavy atom. The zero-order chi connectivity index (χ0) is 11.8. The lowest BCUT2D eigenvalue weighted by Gasteiger charge is -2.14. The van der Waals surface area contributed by atoms with Gasteiger partial charge in [-0.25, -0.2) is 0 Å². The predicted molar refractivity (Wildman–Crippen MR) is 70.1 cm³/mol. The molecule has 0 unspecified atom stereocenters. The Kier molecular flexibility index (Phi) is 6.72. The number of alkyl halides is 1. The van der Waals surface area contributed by atoms with Gasteiger partial charge in [-0.15, -0.1) is 11.6 Å². The fourth-order valence-corrected chi connectivity index (χ4v) is 3.45. The van der Waals surface area contributed by atoms with E-state index in [-0.39, 0.29) is 0 Å². The van der Waals surface area contributed by atoms with E-state index in [1.165, 1.54) is 5.56 Å². The van der Waals surface area contributed by atoms with Gasteiger partial charge in [0.05, 0.1) is 0 Å². The molecule has 0 aromatic heterocycles. The maximum atomic E-state index is 5.81. The van der Waals surface area contributed by atoms with Crippen LogP contribution in [0.3, 0.4) is 0 Å². The third-order valence-corrected chi connectivity index (χ3v) is 4.78. The second-order valence-electron chi connectivity index (χ2n) is 3.50. The van der Waals surface area contributed by atoms with Crippen molar-refractivity contribution in [2.75, 3.05) is 13.2 Å². The fourth-order valence-electron chi connectivity index (χ4n) is 1.57. The average molecular weight is 259 g/mol. The summed E-state index contributed by atoms with van der Waals surface area (Å²) in [5.74, 6) is 0.559. The quantitative estimate of drug-likeness (QED) is 0.553. The summed E-state index contributed by atoms with van der Waals surface area (Å²) in [5, 5.41) is 0. The molecule has 0 aliphatic rings. The van der Waals surface area contributed by atoms with Gasteiger partial charge < -0.3 is 8.85 Å². The summed E-state index contributed by atoms with van der Waals surface area (Å²) >= 11 is 5.81.